The van der Waals surface area contributed by atoms with Crippen molar-refractivity contribution in [1.82, 2.24) is 9.88 Å². The quantitative estimate of drug-likeness (QED) is 0.786. The van der Waals surface area contributed by atoms with Crippen molar-refractivity contribution in [2.24, 2.45) is 7.05 Å². The smallest absolute Gasteiger partial charge is 0.267 e. The molecule has 0 radical (unpaired) electrons. The second-order valence-corrected chi connectivity index (χ2v) is 4.79. The van der Waals surface area contributed by atoms with Crippen molar-refractivity contribution in [2.45, 2.75) is 19.8 Å². The first-order valence-corrected chi connectivity index (χ1v) is 6.62. The lowest BCUT2D eigenvalue weighted by Gasteiger charge is -2.06. The zero-order valence-corrected chi connectivity index (χ0v) is 11.9. The average Bonchev–Trinajstić information content (AvgIpc) is 2.62. The van der Waals surface area contributed by atoms with Crippen LogP contribution in [0.1, 0.15) is 30.3 Å². The largest absolute Gasteiger partial charge is 0.381 e. The monoisotopic (exact) mass is 302 g/mol. The predicted octanol–water partition coefficient (Wildman–Crippen LogP) is 2.33. The van der Waals surface area contributed by atoms with Crippen molar-refractivity contribution in [3.8, 4) is 0 Å². The normalized spacial score (nSPS) is 10.5. The van der Waals surface area contributed by atoms with Crippen LogP contribution in [0, 0.1) is 0 Å². The zero-order valence-electron chi connectivity index (χ0n) is 10.3. The van der Waals surface area contributed by atoms with Crippen LogP contribution in [0.2, 0.25) is 0 Å². The van der Waals surface area contributed by atoms with Crippen LogP contribution in [0.25, 0.3) is 0 Å². The fraction of sp³-hybridized carbons (Fsp3) is 0.583. The van der Waals surface area contributed by atoms with Gasteiger partial charge in [-0.1, -0.05) is 6.92 Å². The Hall–Kier alpha value is -0.810. The van der Waals surface area contributed by atoms with E-state index in [4.69, 9.17) is 4.74 Å². The number of carbonyl (C=O) groups excluding carboxylic acids is 1. The van der Waals surface area contributed by atoms with Gasteiger partial charge in [-0.3, -0.25) is 4.79 Å². The van der Waals surface area contributed by atoms with Gasteiger partial charge in [0.1, 0.15) is 5.69 Å². The molecule has 0 aliphatic heterocycles. The van der Waals surface area contributed by atoms with Crippen LogP contribution in [0.5, 0.6) is 0 Å². The molecular weight excluding hydrogens is 284 g/mol. The number of nitrogens with zero attached hydrogens (tertiary/aromatic N) is 1. The number of amides is 1. The third-order valence-electron chi connectivity index (χ3n) is 2.30. The highest BCUT2D eigenvalue weighted by atomic mass is 79.9. The van der Waals surface area contributed by atoms with E-state index in [-0.39, 0.29) is 5.91 Å². The molecule has 1 amide bonds. The van der Waals surface area contributed by atoms with E-state index in [1.165, 1.54) is 0 Å². The molecule has 96 valence electrons. The molecule has 0 saturated carbocycles. The first-order chi connectivity index (χ1) is 8.15. The summed E-state index contributed by atoms with van der Waals surface area (Å²) < 4.78 is 8.05. The molecule has 17 heavy (non-hydrogen) atoms. The second kappa shape index (κ2) is 7.50. The number of rotatable bonds is 7. The number of ether oxygens (including phenoxy) is 1. The Kier molecular flexibility index (Phi) is 6.29. The first kappa shape index (κ1) is 14.3. The molecule has 0 fully saturated rings. The minimum absolute atomic E-state index is 0.0475. The van der Waals surface area contributed by atoms with Gasteiger partial charge >= 0.3 is 0 Å². The predicted molar refractivity (Wildman–Crippen MR) is 71.2 cm³/mol. The Labute approximate surface area is 110 Å². The number of hydrogen-bond acceptors (Lipinski definition) is 2. The van der Waals surface area contributed by atoms with Crippen molar-refractivity contribution >= 4 is 21.8 Å². The van der Waals surface area contributed by atoms with E-state index < -0.39 is 0 Å². The molecule has 0 bridgehead atoms. The third-order valence-corrected chi connectivity index (χ3v) is 2.74. The van der Waals surface area contributed by atoms with Gasteiger partial charge in [0.05, 0.1) is 0 Å². The van der Waals surface area contributed by atoms with Gasteiger partial charge in [0.25, 0.3) is 5.91 Å². The molecule has 0 saturated heterocycles. The summed E-state index contributed by atoms with van der Waals surface area (Å²) in [5.74, 6) is -0.0475. The minimum atomic E-state index is -0.0475. The van der Waals surface area contributed by atoms with E-state index in [1.807, 2.05) is 19.3 Å². The van der Waals surface area contributed by atoms with E-state index in [0.29, 0.717) is 18.8 Å². The van der Waals surface area contributed by atoms with Crippen LogP contribution in [0.3, 0.4) is 0 Å². The molecule has 0 spiro atoms. The lowest BCUT2D eigenvalue weighted by atomic mass is 10.3. The SMILES string of the molecule is CCCOCCCNC(=O)c1cc(Br)cn1C. The van der Waals surface area contributed by atoms with Crippen molar-refractivity contribution in [1.29, 1.82) is 0 Å². The maximum absolute atomic E-state index is 11.8. The summed E-state index contributed by atoms with van der Waals surface area (Å²) in [5, 5.41) is 2.87. The van der Waals surface area contributed by atoms with E-state index in [2.05, 4.69) is 28.2 Å². The maximum atomic E-state index is 11.8. The molecule has 1 N–H and O–H groups in total. The fourth-order valence-electron chi connectivity index (χ4n) is 1.46. The molecule has 0 atom stereocenters. The van der Waals surface area contributed by atoms with E-state index in [9.17, 15) is 4.79 Å². The molecule has 0 unspecified atom stereocenters. The number of hydrogen-bond donors (Lipinski definition) is 1. The van der Waals surface area contributed by atoms with Gasteiger partial charge < -0.3 is 14.6 Å². The van der Waals surface area contributed by atoms with Crippen molar-refractivity contribution in [3.05, 3.63) is 22.4 Å². The summed E-state index contributed by atoms with van der Waals surface area (Å²) in [6.07, 6.45) is 3.74. The Balaban J connectivity index is 2.23. The molecule has 1 heterocycles. The van der Waals surface area contributed by atoms with Crippen molar-refractivity contribution in [2.75, 3.05) is 19.8 Å². The molecule has 1 rings (SSSR count). The number of halogens is 1. The third kappa shape index (κ3) is 4.91. The summed E-state index contributed by atoms with van der Waals surface area (Å²) in [6, 6.07) is 1.81. The van der Waals surface area contributed by atoms with Crippen LogP contribution in [-0.4, -0.2) is 30.2 Å². The summed E-state index contributed by atoms with van der Waals surface area (Å²) in [7, 11) is 1.85. The van der Waals surface area contributed by atoms with Gasteiger partial charge in [-0.25, -0.2) is 0 Å². The van der Waals surface area contributed by atoms with Gasteiger partial charge in [0.15, 0.2) is 0 Å². The number of nitrogens with one attached hydrogen (secondary N) is 1. The van der Waals surface area contributed by atoms with Crippen molar-refractivity contribution < 1.29 is 9.53 Å². The lowest BCUT2D eigenvalue weighted by molar-refractivity contribution is 0.0933. The van der Waals surface area contributed by atoms with E-state index in [0.717, 1.165) is 23.9 Å². The molecular formula is C12H19BrN2O2. The van der Waals surface area contributed by atoms with Crippen LogP contribution in [0.4, 0.5) is 0 Å². The maximum Gasteiger partial charge on any atom is 0.267 e. The highest BCUT2D eigenvalue weighted by Gasteiger charge is 2.09. The van der Waals surface area contributed by atoms with Gasteiger partial charge in [0.2, 0.25) is 0 Å². The van der Waals surface area contributed by atoms with Gasteiger partial charge in [-0.2, -0.15) is 0 Å². The molecule has 5 heteroatoms. The van der Waals surface area contributed by atoms with Gasteiger partial charge in [-0.15, -0.1) is 0 Å². The first-order valence-electron chi connectivity index (χ1n) is 5.83. The highest BCUT2D eigenvalue weighted by Crippen LogP contribution is 2.13. The van der Waals surface area contributed by atoms with Crippen LogP contribution in [0.15, 0.2) is 16.7 Å². The van der Waals surface area contributed by atoms with E-state index in [1.54, 1.807) is 4.57 Å². The van der Waals surface area contributed by atoms with Crippen LogP contribution in [-0.2, 0) is 11.8 Å². The number of aryl methyl sites for hydroxylation is 1. The molecule has 0 aliphatic rings. The summed E-state index contributed by atoms with van der Waals surface area (Å²) >= 11 is 3.34. The summed E-state index contributed by atoms with van der Waals surface area (Å²) in [4.78, 5) is 11.8. The topological polar surface area (TPSA) is 43.3 Å². The minimum Gasteiger partial charge on any atom is -0.381 e. The highest BCUT2D eigenvalue weighted by molar-refractivity contribution is 9.10. The molecule has 0 aliphatic carbocycles. The summed E-state index contributed by atoms with van der Waals surface area (Å²) in [6.45, 7) is 4.21. The number of aromatic nitrogens is 1. The average molecular weight is 303 g/mol. The summed E-state index contributed by atoms with van der Waals surface area (Å²) in [5.41, 5.74) is 0.659. The second-order valence-electron chi connectivity index (χ2n) is 3.88. The van der Waals surface area contributed by atoms with Crippen LogP contribution >= 0.6 is 15.9 Å². The Bertz CT molecular complexity index is 363. The van der Waals surface area contributed by atoms with Crippen molar-refractivity contribution in [3.63, 3.8) is 0 Å². The zero-order chi connectivity index (χ0) is 12.7. The Morgan fingerprint density at radius 1 is 1.53 bits per heavy atom. The van der Waals surface area contributed by atoms with Crippen LogP contribution < -0.4 is 5.32 Å². The Morgan fingerprint density at radius 2 is 2.29 bits per heavy atom. The lowest BCUT2D eigenvalue weighted by Crippen LogP contribution is -2.26. The molecule has 4 nitrogen and oxygen atoms in total. The van der Waals surface area contributed by atoms with Gasteiger partial charge in [-0.05, 0) is 34.8 Å². The van der Waals surface area contributed by atoms with E-state index >= 15 is 0 Å². The molecule has 0 aromatic carbocycles. The number of carbonyl (C=O) groups is 1. The fourth-order valence-corrected chi connectivity index (χ4v) is 1.99. The Morgan fingerprint density at radius 3 is 2.88 bits per heavy atom. The molecule has 1 aromatic heterocycles. The molecule has 1 aromatic rings. The standard InChI is InChI=1S/C12H19BrN2O2/c1-3-6-17-7-4-5-14-12(16)11-8-10(13)9-15(11)2/h8-9H,3-7H2,1-2H3,(H,14,16). The van der Waals surface area contributed by atoms with Gasteiger partial charge in [0, 0.05) is 37.5 Å².